The molecule has 38 heavy (non-hydrogen) atoms. The molecule has 0 unspecified atom stereocenters. The van der Waals surface area contributed by atoms with E-state index in [2.05, 4.69) is 5.32 Å². The minimum Gasteiger partial charge on any atom is -0.375 e. The zero-order chi connectivity index (χ0) is 27.2. The third-order valence-electron chi connectivity index (χ3n) is 6.79. The van der Waals surface area contributed by atoms with Crippen LogP contribution in [0.1, 0.15) is 31.4 Å². The molecule has 2 aromatic carbocycles. The Morgan fingerprint density at radius 2 is 1.84 bits per heavy atom. The summed E-state index contributed by atoms with van der Waals surface area (Å²) in [6.07, 6.45) is -0.146. The lowest BCUT2D eigenvalue weighted by Crippen LogP contribution is -2.76. The maximum Gasteiger partial charge on any atom is 0.334 e. The molecule has 204 valence electrons. The largest absolute Gasteiger partial charge is 0.375 e. The topological polar surface area (TPSA) is 85.4 Å². The van der Waals surface area contributed by atoms with E-state index in [1.807, 2.05) is 44.2 Å². The second-order valence-corrected chi connectivity index (χ2v) is 10.2. The van der Waals surface area contributed by atoms with Crippen molar-refractivity contribution in [1.29, 1.82) is 0 Å². The van der Waals surface area contributed by atoms with Crippen LogP contribution in [0.25, 0.3) is 0 Å². The summed E-state index contributed by atoms with van der Waals surface area (Å²) >= 11 is 0. The summed E-state index contributed by atoms with van der Waals surface area (Å²) in [4.78, 5) is 43.4. The summed E-state index contributed by atoms with van der Waals surface area (Å²) in [5, 5.41) is 6.11. The predicted molar refractivity (Wildman–Crippen MR) is 140 cm³/mol. The molecule has 2 aromatic rings. The fourth-order valence-electron chi connectivity index (χ4n) is 5.03. The Kier molecular flexibility index (Phi) is 8.96. The molecule has 2 fully saturated rings. The lowest BCUT2D eigenvalue weighted by atomic mass is 9.97. The number of likely N-dealkylation sites (N-methyl/N-ethyl adjacent to an activating group) is 1. The molecule has 10 heteroatoms. The Balaban J connectivity index is 1.48. The van der Waals surface area contributed by atoms with Gasteiger partial charge in [0.25, 0.3) is 0 Å². The van der Waals surface area contributed by atoms with E-state index < -0.39 is 12.2 Å². The van der Waals surface area contributed by atoms with Gasteiger partial charge in [0.2, 0.25) is 11.8 Å². The van der Waals surface area contributed by atoms with Crippen molar-refractivity contribution in [3.63, 3.8) is 0 Å². The summed E-state index contributed by atoms with van der Waals surface area (Å²) in [5.41, 5.74) is 1.67. The smallest absolute Gasteiger partial charge is 0.334 e. The molecule has 2 aliphatic heterocycles. The van der Waals surface area contributed by atoms with Crippen LogP contribution in [0.15, 0.2) is 54.6 Å². The van der Waals surface area contributed by atoms with Gasteiger partial charge in [0.1, 0.15) is 18.0 Å². The lowest BCUT2D eigenvalue weighted by Gasteiger charge is -2.54. The van der Waals surface area contributed by atoms with Gasteiger partial charge in [-0.05, 0) is 35.6 Å². The van der Waals surface area contributed by atoms with Gasteiger partial charge in [0, 0.05) is 20.1 Å². The predicted octanol–water partition coefficient (Wildman–Crippen LogP) is 2.83. The number of urea groups is 1. The van der Waals surface area contributed by atoms with Crippen molar-refractivity contribution in [2.24, 2.45) is 5.92 Å². The number of nitrogens with zero attached hydrogens (tertiary/aromatic N) is 4. The van der Waals surface area contributed by atoms with Gasteiger partial charge in [-0.15, -0.1) is 0 Å². The van der Waals surface area contributed by atoms with Crippen molar-refractivity contribution in [1.82, 2.24) is 25.1 Å². The molecule has 0 spiro atoms. The molecule has 9 nitrogen and oxygen atoms in total. The number of ether oxygens (including phenoxy) is 1. The normalized spacial score (nSPS) is 20.2. The van der Waals surface area contributed by atoms with E-state index in [1.54, 1.807) is 39.0 Å². The van der Waals surface area contributed by atoms with E-state index in [0.717, 1.165) is 5.56 Å². The van der Waals surface area contributed by atoms with E-state index in [0.29, 0.717) is 25.1 Å². The maximum atomic E-state index is 13.5. The summed E-state index contributed by atoms with van der Waals surface area (Å²) in [5.74, 6) is -0.482. The van der Waals surface area contributed by atoms with Crippen molar-refractivity contribution < 1.29 is 23.5 Å². The molecular formula is C28H36FN5O4. The standard InChI is InChI=1S/C28H36FN5O4/c1-20(2)14-24-27(36)32(12-13-38-19-22-10-7-11-23(29)15-22)17-25-33(24)26(35)18-31(3)34(25)28(37)30-16-21-8-5-4-6-9-21/h4-11,15,20,24-25H,12-14,16-19H2,1-3H3,(H,30,37)/t24-,25-/m0/s1. The highest BCUT2D eigenvalue weighted by Crippen LogP contribution is 2.28. The van der Waals surface area contributed by atoms with Crippen molar-refractivity contribution in [2.75, 3.05) is 33.3 Å². The number of nitrogens with one attached hydrogen (secondary N) is 1. The Hall–Kier alpha value is -3.50. The molecule has 0 aromatic heterocycles. The number of benzene rings is 2. The van der Waals surface area contributed by atoms with E-state index in [4.69, 9.17) is 4.74 Å². The fraction of sp³-hybridized carbons (Fsp3) is 0.464. The number of rotatable bonds is 9. The van der Waals surface area contributed by atoms with Gasteiger partial charge >= 0.3 is 6.03 Å². The zero-order valence-corrected chi connectivity index (χ0v) is 22.2. The molecule has 0 aliphatic carbocycles. The van der Waals surface area contributed by atoms with E-state index in [9.17, 15) is 18.8 Å². The Labute approximate surface area is 223 Å². The van der Waals surface area contributed by atoms with Gasteiger partial charge in [-0.1, -0.05) is 56.3 Å². The number of carbonyl (C=O) groups excluding carboxylic acids is 3. The molecule has 0 radical (unpaired) electrons. The summed E-state index contributed by atoms with van der Waals surface area (Å²) in [6, 6.07) is 14.8. The molecule has 2 atom stereocenters. The molecule has 1 N–H and O–H groups in total. The lowest BCUT2D eigenvalue weighted by molar-refractivity contribution is -0.188. The van der Waals surface area contributed by atoms with Gasteiger partial charge in [-0.25, -0.2) is 19.2 Å². The van der Waals surface area contributed by atoms with Gasteiger partial charge in [-0.3, -0.25) is 9.59 Å². The Morgan fingerprint density at radius 3 is 2.55 bits per heavy atom. The van der Waals surface area contributed by atoms with Crippen LogP contribution in [-0.4, -0.2) is 83.2 Å². The maximum absolute atomic E-state index is 13.5. The molecule has 0 saturated carbocycles. The number of halogens is 1. The highest BCUT2D eigenvalue weighted by molar-refractivity contribution is 5.91. The quantitative estimate of drug-likeness (QED) is 0.509. The molecule has 4 rings (SSSR count). The second kappa shape index (κ2) is 12.4. The first-order chi connectivity index (χ1) is 18.2. The number of carbonyl (C=O) groups is 3. The van der Waals surface area contributed by atoms with Gasteiger partial charge in [0.15, 0.2) is 0 Å². The number of hydrogen-bond acceptors (Lipinski definition) is 5. The molecular weight excluding hydrogens is 489 g/mol. The van der Waals surface area contributed by atoms with Crippen molar-refractivity contribution in [3.8, 4) is 0 Å². The summed E-state index contributed by atoms with van der Waals surface area (Å²) in [7, 11) is 1.71. The molecule has 0 bridgehead atoms. The van der Waals surface area contributed by atoms with Crippen LogP contribution in [0.3, 0.4) is 0 Å². The van der Waals surface area contributed by atoms with Crippen LogP contribution < -0.4 is 5.32 Å². The van der Waals surface area contributed by atoms with Crippen molar-refractivity contribution in [2.45, 2.75) is 45.6 Å². The van der Waals surface area contributed by atoms with Crippen LogP contribution in [0, 0.1) is 11.7 Å². The van der Waals surface area contributed by atoms with E-state index in [1.165, 1.54) is 12.1 Å². The number of hydrogen-bond donors (Lipinski definition) is 1. The van der Waals surface area contributed by atoms with Crippen LogP contribution in [0.2, 0.25) is 0 Å². The number of hydrazine groups is 1. The Morgan fingerprint density at radius 1 is 1.11 bits per heavy atom. The second-order valence-electron chi connectivity index (χ2n) is 10.2. The number of amides is 4. The summed E-state index contributed by atoms with van der Waals surface area (Å²) in [6.45, 7) is 5.30. The fourth-order valence-corrected chi connectivity index (χ4v) is 5.03. The molecule has 4 amide bonds. The van der Waals surface area contributed by atoms with E-state index in [-0.39, 0.29) is 55.9 Å². The van der Waals surface area contributed by atoms with E-state index >= 15 is 0 Å². The number of piperazine rings is 1. The number of fused-ring (bicyclic) bond motifs is 1. The van der Waals surface area contributed by atoms with Crippen LogP contribution >= 0.6 is 0 Å². The third kappa shape index (κ3) is 6.49. The summed E-state index contributed by atoms with van der Waals surface area (Å²) < 4.78 is 19.2. The average molecular weight is 526 g/mol. The SMILES string of the molecule is CC(C)C[C@H]1C(=O)N(CCOCc2cccc(F)c2)C[C@H]2N1C(=O)CN(C)N2C(=O)NCc1ccccc1. The van der Waals surface area contributed by atoms with Crippen molar-refractivity contribution >= 4 is 17.8 Å². The molecule has 2 heterocycles. The zero-order valence-electron chi connectivity index (χ0n) is 22.2. The highest BCUT2D eigenvalue weighted by Gasteiger charge is 2.50. The van der Waals surface area contributed by atoms with Crippen molar-refractivity contribution in [3.05, 3.63) is 71.5 Å². The molecule has 2 aliphatic rings. The first kappa shape index (κ1) is 27.5. The minimum atomic E-state index is -0.664. The van der Waals surface area contributed by atoms with Gasteiger partial charge in [-0.2, -0.15) is 0 Å². The highest BCUT2D eigenvalue weighted by atomic mass is 19.1. The monoisotopic (exact) mass is 525 g/mol. The minimum absolute atomic E-state index is 0.00782. The van der Waals surface area contributed by atoms with Crippen LogP contribution in [0.4, 0.5) is 9.18 Å². The molecule has 2 saturated heterocycles. The Bertz CT molecular complexity index is 1130. The van der Waals surface area contributed by atoms with Gasteiger partial charge < -0.3 is 19.9 Å². The van der Waals surface area contributed by atoms with Crippen LogP contribution in [0.5, 0.6) is 0 Å². The third-order valence-corrected chi connectivity index (χ3v) is 6.79. The first-order valence-electron chi connectivity index (χ1n) is 13.0. The average Bonchev–Trinajstić information content (AvgIpc) is 2.87. The van der Waals surface area contributed by atoms with Gasteiger partial charge in [0.05, 0.1) is 26.3 Å². The van der Waals surface area contributed by atoms with Crippen LogP contribution in [-0.2, 0) is 27.5 Å². The first-order valence-corrected chi connectivity index (χ1v) is 13.0.